The van der Waals surface area contributed by atoms with Crippen LogP contribution in [0.2, 0.25) is 5.02 Å². The number of H-pyrrole nitrogens is 1. The molecule has 1 aromatic heterocycles. The fourth-order valence-corrected chi connectivity index (χ4v) is 2.88. The van der Waals surface area contributed by atoms with E-state index >= 15 is 0 Å². The Morgan fingerprint density at radius 3 is 2.76 bits per heavy atom. The van der Waals surface area contributed by atoms with Crippen molar-refractivity contribution in [3.63, 3.8) is 0 Å². The van der Waals surface area contributed by atoms with Crippen molar-refractivity contribution in [2.24, 2.45) is 0 Å². The average Bonchev–Trinajstić information content (AvgIpc) is 2.76. The summed E-state index contributed by atoms with van der Waals surface area (Å²) in [5.74, 6) is -0.282. The van der Waals surface area contributed by atoms with Crippen LogP contribution in [-0.4, -0.2) is 16.7 Å². The minimum Gasteiger partial charge on any atom is -0.494 e. The van der Waals surface area contributed by atoms with E-state index in [-0.39, 0.29) is 5.75 Å². The molecule has 2 aromatic carbocycles. The predicted octanol–water partition coefficient (Wildman–Crippen LogP) is 5.25. The van der Waals surface area contributed by atoms with Crippen LogP contribution in [0, 0.1) is 10.6 Å². The molecule has 0 saturated heterocycles. The highest BCUT2D eigenvalue weighted by Gasteiger charge is 2.12. The molecular formula is C14H9BrClFN2OS. The van der Waals surface area contributed by atoms with Gasteiger partial charge in [0, 0.05) is 22.3 Å². The molecule has 0 aliphatic rings. The number of hydrogen-bond acceptors (Lipinski definition) is 2. The third-order valence-electron chi connectivity index (χ3n) is 3.12. The van der Waals surface area contributed by atoms with E-state index in [0.717, 1.165) is 15.7 Å². The van der Waals surface area contributed by atoms with E-state index in [1.54, 1.807) is 16.7 Å². The first kappa shape index (κ1) is 14.6. The molecule has 0 spiro atoms. The molecule has 1 heterocycles. The third-order valence-corrected chi connectivity index (χ3v) is 4.63. The average molecular weight is 388 g/mol. The number of nitrogens with one attached hydrogen (secondary N) is 1. The van der Waals surface area contributed by atoms with E-state index in [2.05, 4.69) is 20.9 Å². The summed E-state index contributed by atoms with van der Waals surface area (Å²) in [5.41, 5.74) is 2.10. The van der Waals surface area contributed by atoms with Crippen LogP contribution in [0.5, 0.6) is 5.75 Å². The first-order valence-electron chi connectivity index (χ1n) is 5.95. The Kier molecular flexibility index (Phi) is 3.77. The van der Waals surface area contributed by atoms with Crippen molar-refractivity contribution in [2.75, 3.05) is 7.11 Å². The lowest BCUT2D eigenvalue weighted by Gasteiger charge is -2.07. The van der Waals surface area contributed by atoms with Gasteiger partial charge in [-0.1, -0.05) is 11.6 Å². The van der Waals surface area contributed by atoms with Crippen molar-refractivity contribution in [3.05, 3.63) is 50.4 Å². The van der Waals surface area contributed by atoms with Gasteiger partial charge < -0.3 is 9.72 Å². The van der Waals surface area contributed by atoms with Crippen LogP contribution < -0.4 is 4.74 Å². The fourth-order valence-electron chi connectivity index (χ4n) is 2.15. The predicted molar refractivity (Wildman–Crippen MR) is 87.7 cm³/mol. The van der Waals surface area contributed by atoms with E-state index in [1.165, 1.54) is 13.2 Å². The number of fused-ring (bicyclic) bond motifs is 1. The van der Waals surface area contributed by atoms with Gasteiger partial charge in [0.05, 0.1) is 23.2 Å². The molecular weight excluding hydrogens is 379 g/mol. The summed E-state index contributed by atoms with van der Waals surface area (Å²) in [5, 5.41) is 0.567. The normalized spacial score (nSPS) is 11.0. The molecule has 108 valence electrons. The zero-order valence-electron chi connectivity index (χ0n) is 10.8. The number of benzene rings is 2. The fraction of sp³-hybridized carbons (Fsp3) is 0.0714. The summed E-state index contributed by atoms with van der Waals surface area (Å²) in [6.45, 7) is 0. The van der Waals surface area contributed by atoms with Crippen molar-refractivity contribution in [2.45, 2.75) is 0 Å². The highest BCUT2D eigenvalue weighted by atomic mass is 79.9. The number of aromatic amines is 1. The maximum Gasteiger partial charge on any atom is 0.182 e. The van der Waals surface area contributed by atoms with Crippen LogP contribution >= 0.6 is 39.7 Å². The highest BCUT2D eigenvalue weighted by Crippen LogP contribution is 2.29. The van der Waals surface area contributed by atoms with Crippen molar-refractivity contribution < 1.29 is 9.13 Å². The number of aromatic nitrogens is 2. The van der Waals surface area contributed by atoms with Gasteiger partial charge in [-0.05, 0) is 46.3 Å². The summed E-state index contributed by atoms with van der Waals surface area (Å²) < 4.78 is 21.8. The molecule has 3 nitrogen and oxygen atoms in total. The van der Waals surface area contributed by atoms with Gasteiger partial charge in [-0.3, -0.25) is 4.57 Å². The zero-order chi connectivity index (χ0) is 15.1. The molecule has 3 aromatic rings. The van der Waals surface area contributed by atoms with Crippen molar-refractivity contribution in [1.29, 1.82) is 0 Å². The Balaban J connectivity index is 2.33. The van der Waals surface area contributed by atoms with Crippen LogP contribution in [0.1, 0.15) is 0 Å². The molecule has 0 fully saturated rings. The van der Waals surface area contributed by atoms with Crippen LogP contribution in [0.3, 0.4) is 0 Å². The molecule has 3 rings (SSSR count). The second-order valence-electron chi connectivity index (χ2n) is 4.37. The van der Waals surface area contributed by atoms with Gasteiger partial charge >= 0.3 is 0 Å². The molecule has 0 aliphatic carbocycles. The van der Waals surface area contributed by atoms with E-state index in [4.69, 9.17) is 28.6 Å². The Bertz CT molecular complexity index is 906. The number of ether oxygens (including phenoxy) is 1. The molecule has 1 N–H and O–H groups in total. The number of imidazole rings is 1. The van der Waals surface area contributed by atoms with Gasteiger partial charge in [-0.15, -0.1) is 0 Å². The molecule has 7 heteroatoms. The molecule has 0 saturated carbocycles. The quantitative estimate of drug-likeness (QED) is 0.609. The van der Waals surface area contributed by atoms with E-state index < -0.39 is 5.82 Å². The van der Waals surface area contributed by atoms with Crippen molar-refractivity contribution in [1.82, 2.24) is 9.55 Å². The monoisotopic (exact) mass is 386 g/mol. The van der Waals surface area contributed by atoms with Crippen molar-refractivity contribution >= 4 is 50.8 Å². The molecule has 0 bridgehead atoms. The van der Waals surface area contributed by atoms with Crippen LogP contribution in [0.25, 0.3) is 16.7 Å². The van der Waals surface area contributed by atoms with Crippen molar-refractivity contribution in [3.8, 4) is 11.4 Å². The maximum atomic E-state index is 13.8. The second-order valence-corrected chi connectivity index (χ2v) is 6.02. The third kappa shape index (κ3) is 2.47. The van der Waals surface area contributed by atoms with E-state index in [9.17, 15) is 4.39 Å². The highest BCUT2D eigenvalue weighted by molar-refractivity contribution is 9.10. The lowest BCUT2D eigenvalue weighted by atomic mass is 10.2. The topological polar surface area (TPSA) is 29.9 Å². The first-order valence-corrected chi connectivity index (χ1v) is 7.53. The maximum absolute atomic E-state index is 13.8. The van der Waals surface area contributed by atoms with E-state index in [1.807, 2.05) is 12.1 Å². The summed E-state index contributed by atoms with van der Waals surface area (Å²) >= 11 is 14.8. The first-order chi connectivity index (χ1) is 10.0. The molecule has 0 radical (unpaired) electrons. The Morgan fingerprint density at radius 2 is 2.10 bits per heavy atom. The standard InChI is InChI=1S/C14H9BrClFN2OS/c1-20-13-6-12-11(5-10(13)17)18-14(21)19(12)7-2-3-8(15)9(16)4-7/h2-6H,1H3,(H,18,21). The zero-order valence-corrected chi connectivity index (χ0v) is 13.9. The SMILES string of the molecule is COc1cc2c(cc1F)[nH]c(=S)n2-c1ccc(Br)c(Cl)c1. The molecule has 0 amide bonds. The largest absolute Gasteiger partial charge is 0.494 e. The number of nitrogens with zero attached hydrogens (tertiary/aromatic N) is 1. The lowest BCUT2D eigenvalue weighted by molar-refractivity contribution is 0.387. The molecule has 0 aliphatic heterocycles. The van der Waals surface area contributed by atoms with Crippen LogP contribution in [-0.2, 0) is 0 Å². The van der Waals surface area contributed by atoms with Crippen LogP contribution in [0.15, 0.2) is 34.8 Å². The minimum atomic E-state index is -0.442. The van der Waals surface area contributed by atoms with Gasteiger partial charge in [-0.25, -0.2) is 4.39 Å². The number of rotatable bonds is 2. The van der Waals surface area contributed by atoms with Crippen LogP contribution in [0.4, 0.5) is 4.39 Å². The van der Waals surface area contributed by atoms with Gasteiger partial charge in [0.1, 0.15) is 0 Å². The van der Waals surface area contributed by atoms with E-state index in [0.29, 0.717) is 15.3 Å². The Hall–Kier alpha value is -1.37. The number of methoxy groups -OCH3 is 1. The smallest absolute Gasteiger partial charge is 0.182 e. The molecule has 0 atom stereocenters. The van der Waals surface area contributed by atoms with Gasteiger partial charge in [0.25, 0.3) is 0 Å². The lowest BCUT2D eigenvalue weighted by Crippen LogP contribution is -1.95. The Morgan fingerprint density at radius 1 is 1.33 bits per heavy atom. The number of hydrogen-bond donors (Lipinski definition) is 1. The molecule has 21 heavy (non-hydrogen) atoms. The van der Waals surface area contributed by atoms with Gasteiger partial charge in [0.15, 0.2) is 16.3 Å². The second kappa shape index (κ2) is 5.44. The molecule has 0 unspecified atom stereocenters. The summed E-state index contributed by atoms with van der Waals surface area (Å²) in [4.78, 5) is 2.98. The van der Waals surface area contributed by atoms with Gasteiger partial charge in [0.2, 0.25) is 0 Å². The summed E-state index contributed by atoms with van der Waals surface area (Å²) in [6, 6.07) is 8.45. The summed E-state index contributed by atoms with van der Waals surface area (Å²) in [6.07, 6.45) is 0. The van der Waals surface area contributed by atoms with Gasteiger partial charge in [-0.2, -0.15) is 0 Å². The summed E-state index contributed by atoms with van der Waals surface area (Å²) in [7, 11) is 1.42. The number of halogens is 3. The minimum absolute atomic E-state index is 0.161. The Labute approximate surface area is 138 Å².